The Labute approximate surface area is 83.4 Å². The smallest absolute Gasteiger partial charge is 0.356 e. The third kappa shape index (κ3) is 1.32. The molecule has 0 aliphatic heterocycles. The minimum absolute atomic E-state index is 0.0208. The minimum atomic E-state index is -1.18. The van der Waals surface area contributed by atoms with E-state index in [1.165, 1.54) is 28.9 Å². The summed E-state index contributed by atoms with van der Waals surface area (Å²) >= 11 is 0. The zero-order chi connectivity index (χ0) is 11.0. The highest BCUT2D eigenvalue weighted by Crippen LogP contribution is 2.12. The van der Waals surface area contributed by atoms with Crippen molar-refractivity contribution in [3.05, 3.63) is 35.9 Å². The van der Waals surface area contributed by atoms with E-state index in [1.54, 1.807) is 0 Å². The van der Waals surface area contributed by atoms with E-state index in [-0.39, 0.29) is 16.9 Å². The molecule has 6 nitrogen and oxygen atoms in total. The molecule has 0 radical (unpaired) electrons. The van der Waals surface area contributed by atoms with Crippen molar-refractivity contribution in [2.45, 2.75) is 0 Å². The molecule has 0 atom stereocenters. The zero-order valence-corrected chi connectivity index (χ0v) is 7.41. The van der Waals surface area contributed by atoms with Gasteiger partial charge in [-0.3, -0.25) is 4.40 Å². The number of aromatic carboxylic acids is 2. The average molecular weight is 206 g/mol. The number of imidazole rings is 1. The van der Waals surface area contributed by atoms with Gasteiger partial charge in [0, 0.05) is 0 Å². The Morgan fingerprint density at radius 2 is 1.93 bits per heavy atom. The SMILES string of the molecule is O=C(O)c1ncn2c(C(=O)O)cccc12. The number of carbonyl (C=O) groups is 2. The first-order valence-electron chi connectivity index (χ1n) is 4.04. The molecule has 15 heavy (non-hydrogen) atoms. The van der Waals surface area contributed by atoms with Gasteiger partial charge >= 0.3 is 11.9 Å². The summed E-state index contributed by atoms with van der Waals surface area (Å²) in [7, 11) is 0. The van der Waals surface area contributed by atoms with Crippen molar-refractivity contribution in [3.8, 4) is 0 Å². The van der Waals surface area contributed by atoms with Crippen molar-refractivity contribution in [3.63, 3.8) is 0 Å². The molecule has 0 aliphatic rings. The lowest BCUT2D eigenvalue weighted by atomic mass is 10.3. The van der Waals surface area contributed by atoms with Gasteiger partial charge in [-0.15, -0.1) is 0 Å². The van der Waals surface area contributed by atoms with Crippen molar-refractivity contribution in [1.82, 2.24) is 9.38 Å². The monoisotopic (exact) mass is 206 g/mol. The number of hydrogen-bond acceptors (Lipinski definition) is 3. The van der Waals surface area contributed by atoms with Crippen LogP contribution in [0, 0.1) is 0 Å². The van der Waals surface area contributed by atoms with Crippen LogP contribution in [0.1, 0.15) is 21.0 Å². The first-order valence-corrected chi connectivity index (χ1v) is 4.04. The molecule has 2 heterocycles. The number of aromatic nitrogens is 2. The topological polar surface area (TPSA) is 91.9 Å². The van der Waals surface area contributed by atoms with Gasteiger partial charge in [0.05, 0.1) is 5.52 Å². The number of carboxylic acid groups (broad SMARTS) is 2. The summed E-state index contributed by atoms with van der Waals surface area (Å²) in [5.41, 5.74) is 0.0907. The maximum absolute atomic E-state index is 10.8. The zero-order valence-electron chi connectivity index (χ0n) is 7.41. The van der Waals surface area contributed by atoms with Crippen LogP contribution < -0.4 is 0 Å². The second-order valence-electron chi connectivity index (χ2n) is 2.87. The molecule has 0 saturated heterocycles. The van der Waals surface area contributed by atoms with Crippen LogP contribution in [0.15, 0.2) is 24.5 Å². The summed E-state index contributed by atoms with van der Waals surface area (Å²) in [4.78, 5) is 25.2. The van der Waals surface area contributed by atoms with E-state index in [9.17, 15) is 9.59 Å². The van der Waals surface area contributed by atoms with Gasteiger partial charge in [0.25, 0.3) is 0 Å². The maximum atomic E-state index is 10.8. The Bertz CT molecular complexity index is 558. The number of carboxylic acids is 2. The average Bonchev–Trinajstić information content (AvgIpc) is 2.59. The van der Waals surface area contributed by atoms with E-state index in [2.05, 4.69) is 4.98 Å². The highest BCUT2D eigenvalue weighted by molar-refractivity contribution is 5.95. The molecule has 2 rings (SSSR count). The Morgan fingerprint density at radius 3 is 2.53 bits per heavy atom. The van der Waals surface area contributed by atoms with Crippen LogP contribution >= 0.6 is 0 Å². The van der Waals surface area contributed by atoms with Crippen LogP contribution in [0.3, 0.4) is 0 Å². The summed E-state index contributed by atoms with van der Waals surface area (Å²) in [6, 6.07) is 4.36. The normalized spacial score (nSPS) is 10.4. The van der Waals surface area contributed by atoms with Crippen molar-refractivity contribution in [1.29, 1.82) is 0 Å². The summed E-state index contributed by atoms with van der Waals surface area (Å²) in [5, 5.41) is 17.6. The third-order valence-electron chi connectivity index (χ3n) is 1.99. The Kier molecular flexibility index (Phi) is 1.89. The molecule has 0 amide bonds. The van der Waals surface area contributed by atoms with E-state index < -0.39 is 11.9 Å². The van der Waals surface area contributed by atoms with Crippen LogP contribution in [0.2, 0.25) is 0 Å². The molecular formula is C9H6N2O4. The van der Waals surface area contributed by atoms with Crippen LogP contribution in [0.5, 0.6) is 0 Å². The Balaban J connectivity index is 2.80. The minimum Gasteiger partial charge on any atom is -0.477 e. The van der Waals surface area contributed by atoms with E-state index in [0.717, 1.165) is 0 Å². The predicted octanol–water partition coefficient (Wildman–Crippen LogP) is 0.731. The van der Waals surface area contributed by atoms with Gasteiger partial charge < -0.3 is 10.2 Å². The largest absolute Gasteiger partial charge is 0.477 e. The Morgan fingerprint density at radius 1 is 1.20 bits per heavy atom. The molecule has 0 bridgehead atoms. The number of fused-ring (bicyclic) bond motifs is 1. The molecule has 0 spiro atoms. The lowest BCUT2D eigenvalue weighted by molar-refractivity contribution is 0.0678. The predicted molar refractivity (Wildman–Crippen MR) is 49.1 cm³/mol. The van der Waals surface area contributed by atoms with E-state index >= 15 is 0 Å². The lowest BCUT2D eigenvalue weighted by Gasteiger charge is -1.99. The fourth-order valence-corrected chi connectivity index (χ4v) is 1.36. The first-order chi connectivity index (χ1) is 7.11. The summed E-state index contributed by atoms with van der Waals surface area (Å²) in [6.45, 7) is 0. The third-order valence-corrected chi connectivity index (χ3v) is 1.99. The Hall–Kier alpha value is -2.37. The molecule has 2 aromatic heterocycles. The van der Waals surface area contributed by atoms with Gasteiger partial charge in [0.2, 0.25) is 0 Å². The van der Waals surface area contributed by atoms with Gasteiger partial charge in [-0.05, 0) is 12.1 Å². The molecule has 6 heteroatoms. The number of rotatable bonds is 2. The first kappa shape index (κ1) is 9.20. The summed E-state index contributed by atoms with van der Waals surface area (Å²) in [5.74, 6) is -2.31. The lowest BCUT2D eigenvalue weighted by Crippen LogP contribution is -2.04. The number of nitrogens with zero attached hydrogens (tertiary/aromatic N) is 2. The molecule has 0 unspecified atom stereocenters. The second-order valence-corrected chi connectivity index (χ2v) is 2.87. The van der Waals surface area contributed by atoms with Gasteiger partial charge in [0.15, 0.2) is 5.69 Å². The summed E-state index contributed by atoms with van der Waals surface area (Å²) < 4.78 is 1.23. The molecule has 0 aromatic carbocycles. The van der Waals surface area contributed by atoms with Gasteiger partial charge in [0.1, 0.15) is 12.0 Å². The van der Waals surface area contributed by atoms with Crippen LogP contribution in [-0.2, 0) is 0 Å². The molecule has 76 valence electrons. The van der Waals surface area contributed by atoms with Crippen molar-refractivity contribution in [2.24, 2.45) is 0 Å². The highest BCUT2D eigenvalue weighted by atomic mass is 16.4. The highest BCUT2D eigenvalue weighted by Gasteiger charge is 2.15. The van der Waals surface area contributed by atoms with Crippen molar-refractivity contribution in [2.75, 3.05) is 0 Å². The standard InChI is InChI=1S/C9H6N2O4/c12-8(13)6-3-1-2-5-7(9(14)15)10-4-11(5)6/h1-4H,(H,12,13)(H,14,15). The molecule has 0 saturated carbocycles. The van der Waals surface area contributed by atoms with Crippen LogP contribution in [-0.4, -0.2) is 31.5 Å². The van der Waals surface area contributed by atoms with E-state index in [0.29, 0.717) is 0 Å². The quantitative estimate of drug-likeness (QED) is 0.755. The van der Waals surface area contributed by atoms with Crippen LogP contribution in [0.25, 0.3) is 5.52 Å². The van der Waals surface area contributed by atoms with Gasteiger partial charge in [-0.1, -0.05) is 6.07 Å². The number of pyridine rings is 1. The van der Waals surface area contributed by atoms with Crippen molar-refractivity contribution >= 4 is 17.5 Å². The fraction of sp³-hybridized carbons (Fsp3) is 0. The van der Waals surface area contributed by atoms with Gasteiger partial charge in [-0.2, -0.15) is 0 Å². The molecule has 2 aromatic rings. The second kappa shape index (κ2) is 3.09. The van der Waals surface area contributed by atoms with Crippen molar-refractivity contribution < 1.29 is 19.8 Å². The molecule has 2 N–H and O–H groups in total. The van der Waals surface area contributed by atoms with Gasteiger partial charge in [-0.25, -0.2) is 14.6 Å². The summed E-state index contributed by atoms with van der Waals surface area (Å²) in [6.07, 6.45) is 1.18. The van der Waals surface area contributed by atoms with Crippen LogP contribution in [0.4, 0.5) is 0 Å². The molecule has 0 fully saturated rings. The number of hydrogen-bond donors (Lipinski definition) is 2. The molecular weight excluding hydrogens is 200 g/mol. The molecule has 0 aliphatic carbocycles. The van der Waals surface area contributed by atoms with E-state index in [1.807, 2.05) is 0 Å². The fourth-order valence-electron chi connectivity index (χ4n) is 1.36. The van der Waals surface area contributed by atoms with E-state index in [4.69, 9.17) is 10.2 Å². The maximum Gasteiger partial charge on any atom is 0.356 e.